The van der Waals surface area contributed by atoms with Gasteiger partial charge in [-0.15, -0.1) is 0 Å². The summed E-state index contributed by atoms with van der Waals surface area (Å²) in [6, 6.07) is -0.00403. The number of nitrogens with zero attached hydrogens (tertiary/aromatic N) is 1. The third-order valence-electron chi connectivity index (χ3n) is 1.23. The maximum absolute atomic E-state index is 11.9. The molecule has 0 radical (unpaired) electrons. The molecule has 0 bridgehead atoms. The van der Waals surface area contributed by atoms with E-state index >= 15 is 0 Å². The number of amides is 1. The molecule has 0 rings (SSSR count). The highest BCUT2D eigenvalue weighted by Gasteiger charge is 2.14. The van der Waals surface area contributed by atoms with Crippen LogP contribution >= 0.6 is 12.1 Å². The SMILES string of the molecule is CC(C)=CN(C(=O)SF)C(C)C. The number of carbonyl (C=O) groups is 1. The largest absolute Gasteiger partial charge is 0.318 e. The molecular weight excluding hydrogens is 177 g/mol. The summed E-state index contributed by atoms with van der Waals surface area (Å²) in [5.74, 6) is 0. The Labute approximate surface area is 77.1 Å². The quantitative estimate of drug-likeness (QED) is 0.667. The lowest BCUT2D eigenvalue weighted by molar-refractivity contribution is 0.229. The lowest BCUT2D eigenvalue weighted by atomic mass is 10.3. The Hall–Kier alpha value is -0.510. The zero-order valence-corrected chi connectivity index (χ0v) is 8.61. The molecule has 0 aromatic carbocycles. The van der Waals surface area contributed by atoms with E-state index in [9.17, 15) is 8.68 Å². The van der Waals surface area contributed by atoms with Crippen LogP contribution in [0.25, 0.3) is 0 Å². The van der Waals surface area contributed by atoms with Crippen LogP contribution in [0.2, 0.25) is 0 Å². The van der Waals surface area contributed by atoms with E-state index in [0.717, 1.165) is 5.57 Å². The van der Waals surface area contributed by atoms with Gasteiger partial charge in [0.1, 0.15) is 12.1 Å². The van der Waals surface area contributed by atoms with Crippen LogP contribution in [0.1, 0.15) is 27.7 Å². The Morgan fingerprint density at radius 2 is 2.00 bits per heavy atom. The van der Waals surface area contributed by atoms with E-state index < -0.39 is 5.24 Å². The molecule has 70 valence electrons. The van der Waals surface area contributed by atoms with E-state index in [1.54, 1.807) is 6.20 Å². The third-order valence-corrected chi connectivity index (χ3v) is 1.57. The molecule has 0 aromatic heterocycles. The van der Waals surface area contributed by atoms with E-state index in [1.807, 2.05) is 27.7 Å². The summed E-state index contributed by atoms with van der Waals surface area (Å²) in [6.07, 6.45) is 1.65. The van der Waals surface area contributed by atoms with Crippen molar-refractivity contribution in [3.05, 3.63) is 11.8 Å². The normalized spacial score (nSPS) is 9.83. The average molecular weight is 191 g/mol. The highest BCUT2D eigenvalue weighted by molar-refractivity contribution is 8.09. The van der Waals surface area contributed by atoms with Crippen LogP contribution in [-0.4, -0.2) is 16.2 Å². The van der Waals surface area contributed by atoms with E-state index in [2.05, 4.69) is 0 Å². The van der Waals surface area contributed by atoms with Gasteiger partial charge in [0.15, 0.2) is 0 Å². The minimum atomic E-state index is -0.564. The van der Waals surface area contributed by atoms with E-state index in [0.29, 0.717) is 0 Å². The van der Waals surface area contributed by atoms with Crippen molar-refractivity contribution in [2.45, 2.75) is 33.7 Å². The summed E-state index contributed by atoms with van der Waals surface area (Å²) in [5.41, 5.74) is 0.978. The fourth-order valence-electron chi connectivity index (χ4n) is 0.731. The number of rotatable bonds is 2. The van der Waals surface area contributed by atoms with Crippen molar-refractivity contribution in [1.82, 2.24) is 4.90 Å². The second-order valence-corrected chi connectivity index (χ2v) is 3.55. The van der Waals surface area contributed by atoms with Crippen molar-refractivity contribution in [2.75, 3.05) is 0 Å². The Kier molecular flexibility index (Phi) is 4.97. The molecular formula is C8H14FNOS. The lowest BCUT2D eigenvalue weighted by Gasteiger charge is -2.20. The summed E-state index contributed by atoms with van der Waals surface area (Å²) in [6.45, 7) is 7.41. The van der Waals surface area contributed by atoms with Crippen LogP contribution in [0.15, 0.2) is 11.8 Å². The van der Waals surface area contributed by atoms with Gasteiger partial charge in [-0.2, -0.15) is 3.89 Å². The van der Waals surface area contributed by atoms with Gasteiger partial charge < -0.3 is 4.90 Å². The monoisotopic (exact) mass is 191 g/mol. The van der Waals surface area contributed by atoms with Crippen molar-refractivity contribution in [1.29, 1.82) is 0 Å². The zero-order chi connectivity index (χ0) is 9.72. The van der Waals surface area contributed by atoms with Crippen LogP contribution in [0.5, 0.6) is 0 Å². The summed E-state index contributed by atoms with van der Waals surface area (Å²) in [7, 11) is 0. The molecule has 0 N–H and O–H groups in total. The summed E-state index contributed by atoms with van der Waals surface area (Å²) >= 11 is -0.254. The highest BCUT2D eigenvalue weighted by atomic mass is 32.2. The number of hydrogen-bond donors (Lipinski definition) is 0. The molecule has 0 heterocycles. The molecule has 0 aliphatic carbocycles. The molecule has 0 fully saturated rings. The summed E-state index contributed by atoms with van der Waals surface area (Å²) < 4.78 is 11.9. The highest BCUT2D eigenvalue weighted by Crippen LogP contribution is 2.14. The topological polar surface area (TPSA) is 20.3 Å². The maximum atomic E-state index is 11.9. The van der Waals surface area contributed by atoms with Crippen LogP contribution in [0, 0.1) is 0 Å². The van der Waals surface area contributed by atoms with Crippen LogP contribution in [0.4, 0.5) is 8.68 Å². The molecule has 0 unspecified atom stereocenters. The maximum Gasteiger partial charge on any atom is 0.318 e. The fourth-order valence-corrected chi connectivity index (χ4v) is 1.07. The minimum absolute atomic E-state index is 0.00403. The first-order valence-corrected chi connectivity index (χ1v) is 4.46. The number of carbonyl (C=O) groups excluding carboxylic acids is 1. The second-order valence-electron chi connectivity index (χ2n) is 3.05. The van der Waals surface area contributed by atoms with Gasteiger partial charge in [0.2, 0.25) is 0 Å². The summed E-state index contributed by atoms with van der Waals surface area (Å²) in [5, 5.41) is -0.564. The van der Waals surface area contributed by atoms with E-state index in [-0.39, 0.29) is 18.2 Å². The molecule has 0 spiro atoms. The molecule has 0 saturated heterocycles. The first-order chi connectivity index (χ1) is 5.49. The van der Waals surface area contributed by atoms with Gasteiger partial charge in [0.05, 0.1) is 0 Å². The number of halogens is 1. The molecule has 0 saturated carbocycles. The molecule has 4 heteroatoms. The van der Waals surface area contributed by atoms with Crippen LogP contribution in [0.3, 0.4) is 0 Å². The molecule has 2 nitrogen and oxygen atoms in total. The van der Waals surface area contributed by atoms with Gasteiger partial charge in [-0.05, 0) is 27.7 Å². The van der Waals surface area contributed by atoms with Gasteiger partial charge in [0, 0.05) is 12.2 Å². The van der Waals surface area contributed by atoms with Crippen molar-refractivity contribution in [3.8, 4) is 0 Å². The standard InChI is InChI=1S/C8H14FNOS/c1-6(2)5-10(7(3)4)8(11)12-9/h5,7H,1-4H3. The molecule has 0 aliphatic rings. The Morgan fingerprint density at radius 1 is 1.50 bits per heavy atom. The summed E-state index contributed by atoms with van der Waals surface area (Å²) in [4.78, 5) is 12.3. The van der Waals surface area contributed by atoms with Crippen LogP contribution in [-0.2, 0) is 0 Å². The van der Waals surface area contributed by atoms with Gasteiger partial charge in [-0.25, -0.2) is 0 Å². The van der Waals surface area contributed by atoms with Crippen molar-refractivity contribution in [3.63, 3.8) is 0 Å². The third kappa shape index (κ3) is 3.76. The van der Waals surface area contributed by atoms with Crippen molar-refractivity contribution in [2.24, 2.45) is 0 Å². The zero-order valence-electron chi connectivity index (χ0n) is 7.80. The van der Waals surface area contributed by atoms with Gasteiger partial charge in [-0.3, -0.25) is 4.79 Å². The van der Waals surface area contributed by atoms with E-state index in [4.69, 9.17) is 0 Å². The Balaban J connectivity index is 4.45. The first kappa shape index (κ1) is 11.5. The number of hydrogen-bond acceptors (Lipinski definition) is 2. The number of allylic oxidation sites excluding steroid dienone is 1. The van der Waals surface area contributed by atoms with Crippen molar-refractivity contribution >= 4 is 17.4 Å². The average Bonchev–Trinajstić information content (AvgIpc) is 1.98. The minimum Gasteiger partial charge on any atom is -0.305 e. The molecule has 1 amide bonds. The van der Waals surface area contributed by atoms with Crippen LogP contribution < -0.4 is 0 Å². The van der Waals surface area contributed by atoms with Gasteiger partial charge in [0.25, 0.3) is 0 Å². The lowest BCUT2D eigenvalue weighted by Crippen LogP contribution is -2.28. The predicted octanol–water partition coefficient (Wildman–Crippen LogP) is 3.36. The van der Waals surface area contributed by atoms with E-state index in [1.165, 1.54) is 4.90 Å². The smallest absolute Gasteiger partial charge is 0.305 e. The first-order valence-electron chi connectivity index (χ1n) is 3.75. The van der Waals surface area contributed by atoms with Gasteiger partial charge in [-0.1, -0.05) is 5.57 Å². The molecule has 12 heavy (non-hydrogen) atoms. The predicted molar refractivity (Wildman–Crippen MR) is 50.5 cm³/mol. The molecule has 0 aromatic rings. The van der Waals surface area contributed by atoms with Gasteiger partial charge >= 0.3 is 5.24 Å². The Morgan fingerprint density at radius 3 is 2.25 bits per heavy atom. The van der Waals surface area contributed by atoms with Crippen molar-refractivity contribution < 1.29 is 8.68 Å². The Bertz CT molecular complexity index is 187. The second kappa shape index (κ2) is 5.19. The molecule has 0 aliphatic heterocycles. The fraction of sp³-hybridized carbons (Fsp3) is 0.625. The molecule has 0 atom stereocenters.